The Balaban J connectivity index is 1.10. The molecule has 9 nitrogen and oxygen atoms in total. The van der Waals surface area contributed by atoms with Crippen LogP contribution in [0.15, 0.2) is 36.4 Å². The lowest BCUT2D eigenvalue weighted by Gasteiger charge is -2.29. The number of hydrogen-bond acceptors (Lipinski definition) is 5. The molecule has 7 rings (SSSR count). The minimum Gasteiger partial charge on any atom is -0.340 e. The molecule has 210 valence electrons. The Hall–Kier alpha value is -4.16. The van der Waals surface area contributed by atoms with Gasteiger partial charge in [-0.25, -0.2) is 9.97 Å². The summed E-state index contributed by atoms with van der Waals surface area (Å²) < 4.78 is 0. The van der Waals surface area contributed by atoms with Gasteiger partial charge in [-0.1, -0.05) is 11.8 Å². The molecule has 5 heterocycles. The highest BCUT2D eigenvalue weighted by atomic mass is 16.2. The maximum atomic E-state index is 13.3. The number of imidazole rings is 2. The predicted molar refractivity (Wildman–Crippen MR) is 157 cm³/mol. The third-order valence-corrected chi connectivity index (χ3v) is 8.98. The first kappa shape index (κ1) is 25.8. The van der Waals surface area contributed by atoms with Crippen LogP contribution in [-0.4, -0.2) is 79.2 Å². The van der Waals surface area contributed by atoms with E-state index in [4.69, 9.17) is 9.97 Å². The van der Waals surface area contributed by atoms with Crippen LogP contribution in [0, 0.1) is 11.8 Å². The van der Waals surface area contributed by atoms with E-state index in [0.29, 0.717) is 0 Å². The SMILES string of the molecule is CC(=O)N1CCC[C@H]1c1nc2ccc(C#Cc3ccc4nc(C5CCCN5C(=O)[C@@H]5CCCN5C)[nH]c4c3)cc2[nH]1. The van der Waals surface area contributed by atoms with Gasteiger partial charge in [0, 0.05) is 31.1 Å². The molecule has 2 amide bonds. The summed E-state index contributed by atoms with van der Waals surface area (Å²) in [7, 11) is 2.05. The summed E-state index contributed by atoms with van der Waals surface area (Å²) in [5, 5.41) is 0. The summed E-state index contributed by atoms with van der Waals surface area (Å²) in [5.41, 5.74) is 5.42. The second kappa shape index (κ2) is 10.3. The van der Waals surface area contributed by atoms with Crippen molar-refractivity contribution in [2.24, 2.45) is 0 Å². The first-order chi connectivity index (χ1) is 19.9. The van der Waals surface area contributed by atoms with E-state index in [-0.39, 0.29) is 29.9 Å². The van der Waals surface area contributed by atoms with E-state index in [1.807, 2.05) is 53.2 Å². The number of carbonyl (C=O) groups excluding carboxylic acids is 2. The number of aromatic amines is 2. The number of likely N-dealkylation sites (N-methyl/N-ethyl adjacent to an activating group) is 1. The van der Waals surface area contributed by atoms with Gasteiger partial charge >= 0.3 is 0 Å². The molecular formula is C32H35N7O2. The number of likely N-dealkylation sites (tertiary alicyclic amines) is 3. The fourth-order valence-corrected chi connectivity index (χ4v) is 6.83. The third kappa shape index (κ3) is 4.76. The van der Waals surface area contributed by atoms with E-state index >= 15 is 0 Å². The average Bonchev–Trinajstić information content (AvgIpc) is 3.79. The molecule has 3 aliphatic heterocycles. The van der Waals surface area contributed by atoms with E-state index in [2.05, 4.69) is 26.7 Å². The van der Waals surface area contributed by atoms with Crippen LogP contribution in [0.4, 0.5) is 0 Å². The van der Waals surface area contributed by atoms with Crippen molar-refractivity contribution in [3.8, 4) is 11.8 Å². The molecule has 2 N–H and O–H groups in total. The van der Waals surface area contributed by atoms with Gasteiger partial charge in [-0.2, -0.15) is 0 Å². The van der Waals surface area contributed by atoms with Crippen LogP contribution < -0.4 is 0 Å². The molecule has 3 atom stereocenters. The van der Waals surface area contributed by atoms with Crippen molar-refractivity contribution in [1.82, 2.24) is 34.6 Å². The number of aromatic nitrogens is 4. The standard InChI is InChI=1S/C32H35N7O2/c1-20(40)38-16-4-6-27(38)30-33-23-13-11-21(18-25(23)35-30)9-10-22-12-14-24-26(19-22)36-31(34-24)28-7-5-17-39(28)32(41)29-8-3-15-37(29)2/h11-14,18-19,27-29H,3-8,15-17H2,1-2H3,(H,33,35)(H,34,36)/t27-,28?,29-/m0/s1. The van der Waals surface area contributed by atoms with Gasteiger partial charge < -0.3 is 19.8 Å². The van der Waals surface area contributed by atoms with Crippen LogP contribution >= 0.6 is 0 Å². The first-order valence-corrected chi connectivity index (χ1v) is 14.7. The molecule has 0 aliphatic carbocycles. The molecule has 2 aromatic heterocycles. The van der Waals surface area contributed by atoms with Gasteiger partial charge in [0.2, 0.25) is 11.8 Å². The second-order valence-corrected chi connectivity index (χ2v) is 11.7. The smallest absolute Gasteiger partial charge is 0.240 e. The lowest BCUT2D eigenvalue weighted by Crippen LogP contribution is -2.44. The van der Waals surface area contributed by atoms with Gasteiger partial charge in [-0.05, 0) is 88.5 Å². The molecule has 3 aliphatic rings. The molecule has 2 aromatic carbocycles. The van der Waals surface area contributed by atoms with Crippen molar-refractivity contribution in [2.45, 2.75) is 63.6 Å². The van der Waals surface area contributed by atoms with Crippen LogP contribution in [0.1, 0.15) is 80.3 Å². The Bertz CT molecular complexity index is 1710. The minimum atomic E-state index is -0.00707. The molecule has 0 bridgehead atoms. The van der Waals surface area contributed by atoms with Gasteiger partial charge in [-0.15, -0.1) is 0 Å². The summed E-state index contributed by atoms with van der Waals surface area (Å²) in [4.78, 5) is 48.0. The van der Waals surface area contributed by atoms with E-state index in [9.17, 15) is 9.59 Å². The quantitative estimate of drug-likeness (QED) is 0.372. The summed E-state index contributed by atoms with van der Waals surface area (Å²) in [6.45, 7) is 4.18. The highest BCUT2D eigenvalue weighted by Crippen LogP contribution is 2.34. The van der Waals surface area contributed by atoms with Crippen molar-refractivity contribution in [3.63, 3.8) is 0 Å². The van der Waals surface area contributed by atoms with Crippen molar-refractivity contribution >= 4 is 33.9 Å². The average molecular weight is 550 g/mol. The molecule has 9 heteroatoms. The fourth-order valence-electron chi connectivity index (χ4n) is 6.83. The number of rotatable bonds is 3. The number of fused-ring (bicyclic) bond motifs is 2. The van der Waals surface area contributed by atoms with E-state index in [1.54, 1.807) is 6.92 Å². The highest BCUT2D eigenvalue weighted by Gasteiger charge is 2.38. The molecule has 3 saturated heterocycles. The monoisotopic (exact) mass is 549 g/mol. The number of H-pyrrole nitrogens is 2. The summed E-state index contributed by atoms with van der Waals surface area (Å²) >= 11 is 0. The Morgan fingerprint density at radius 1 is 0.780 bits per heavy atom. The zero-order valence-corrected chi connectivity index (χ0v) is 23.6. The van der Waals surface area contributed by atoms with Crippen LogP contribution in [0.3, 0.4) is 0 Å². The topological polar surface area (TPSA) is 101 Å². The zero-order valence-electron chi connectivity index (χ0n) is 23.6. The summed E-state index contributed by atoms with van der Waals surface area (Å²) in [6, 6.07) is 12.0. The number of hydrogen-bond donors (Lipinski definition) is 2. The number of carbonyl (C=O) groups is 2. The summed E-state index contributed by atoms with van der Waals surface area (Å²) in [5.74, 6) is 8.62. The van der Waals surface area contributed by atoms with E-state index in [0.717, 1.165) is 103 Å². The Kier molecular flexibility index (Phi) is 6.51. The van der Waals surface area contributed by atoms with Crippen LogP contribution in [0.2, 0.25) is 0 Å². The first-order valence-electron chi connectivity index (χ1n) is 14.7. The van der Waals surface area contributed by atoms with Crippen molar-refractivity contribution in [3.05, 3.63) is 59.2 Å². The largest absolute Gasteiger partial charge is 0.340 e. The van der Waals surface area contributed by atoms with Gasteiger partial charge in [-0.3, -0.25) is 14.5 Å². The number of nitrogens with one attached hydrogen (secondary N) is 2. The lowest BCUT2D eigenvalue weighted by atomic mass is 10.1. The second-order valence-electron chi connectivity index (χ2n) is 11.7. The number of amides is 2. The van der Waals surface area contributed by atoms with Gasteiger partial charge in [0.1, 0.15) is 11.6 Å². The van der Waals surface area contributed by atoms with Crippen molar-refractivity contribution in [2.75, 3.05) is 26.7 Å². The number of nitrogens with zero attached hydrogens (tertiary/aromatic N) is 5. The molecule has 41 heavy (non-hydrogen) atoms. The Morgan fingerprint density at radius 3 is 1.85 bits per heavy atom. The van der Waals surface area contributed by atoms with Crippen molar-refractivity contribution < 1.29 is 9.59 Å². The number of benzene rings is 2. The minimum absolute atomic E-state index is 0.00350. The third-order valence-electron chi connectivity index (χ3n) is 8.98. The molecule has 3 fully saturated rings. The van der Waals surface area contributed by atoms with Crippen LogP contribution in [0.25, 0.3) is 22.1 Å². The molecule has 1 unspecified atom stereocenters. The molecule has 4 aromatic rings. The van der Waals surface area contributed by atoms with Crippen LogP contribution in [0.5, 0.6) is 0 Å². The molecule has 0 saturated carbocycles. The molecular weight excluding hydrogens is 514 g/mol. The maximum absolute atomic E-state index is 13.3. The van der Waals surface area contributed by atoms with Crippen LogP contribution in [-0.2, 0) is 9.59 Å². The summed E-state index contributed by atoms with van der Waals surface area (Å²) in [6.07, 6.45) is 5.87. The lowest BCUT2D eigenvalue weighted by molar-refractivity contribution is -0.136. The highest BCUT2D eigenvalue weighted by molar-refractivity contribution is 5.83. The molecule has 0 spiro atoms. The van der Waals surface area contributed by atoms with Gasteiger partial charge in [0.05, 0.1) is 40.2 Å². The Labute approximate surface area is 239 Å². The predicted octanol–water partition coefficient (Wildman–Crippen LogP) is 4.28. The Morgan fingerprint density at radius 2 is 1.32 bits per heavy atom. The normalized spacial score (nSPS) is 23.0. The zero-order chi connectivity index (χ0) is 28.1. The van der Waals surface area contributed by atoms with Gasteiger partial charge in [0.25, 0.3) is 0 Å². The van der Waals surface area contributed by atoms with E-state index in [1.165, 1.54) is 0 Å². The molecule has 0 radical (unpaired) electrons. The van der Waals surface area contributed by atoms with Gasteiger partial charge in [0.15, 0.2) is 0 Å². The van der Waals surface area contributed by atoms with Crippen molar-refractivity contribution in [1.29, 1.82) is 0 Å². The van der Waals surface area contributed by atoms with E-state index < -0.39 is 0 Å². The fraction of sp³-hybridized carbons (Fsp3) is 0.438. The maximum Gasteiger partial charge on any atom is 0.240 e.